The van der Waals surface area contributed by atoms with E-state index in [1.807, 2.05) is 19.1 Å². The number of aryl methyl sites for hydroxylation is 2. The molecule has 0 aliphatic carbocycles. The topological polar surface area (TPSA) is 99.2 Å². The van der Waals surface area contributed by atoms with Crippen molar-refractivity contribution in [1.29, 1.82) is 0 Å². The van der Waals surface area contributed by atoms with Gasteiger partial charge in [0.1, 0.15) is 6.54 Å². The molecule has 0 radical (unpaired) electrons. The smallest absolute Gasteiger partial charge is 0.324 e. The maximum absolute atomic E-state index is 12.6. The quantitative estimate of drug-likeness (QED) is 0.562. The molecule has 2 aromatic carbocycles. The van der Waals surface area contributed by atoms with E-state index in [2.05, 4.69) is 5.32 Å². The van der Waals surface area contributed by atoms with Crippen LogP contribution in [0.5, 0.6) is 0 Å². The van der Waals surface area contributed by atoms with Crippen LogP contribution in [0, 0.1) is 17.0 Å². The highest BCUT2D eigenvalue weighted by atomic mass is 16.6. The van der Waals surface area contributed by atoms with Gasteiger partial charge in [-0.2, -0.15) is 0 Å². The third-order valence-corrected chi connectivity index (χ3v) is 4.23. The first-order chi connectivity index (χ1) is 12.4. The minimum absolute atomic E-state index is 0.0671. The number of para-hydroxylation sites is 2. The van der Waals surface area contributed by atoms with Crippen molar-refractivity contribution in [1.82, 2.24) is 9.13 Å². The zero-order valence-electron chi connectivity index (χ0n) is 14.4. The van der Waals surface area contributed by atoms with Crippen molar-refractivity contribution >= 4 is 28.3 Å². The first-order valence-corrected chi connectivity index (χ1v) is 8.15. The SMILES string of the molecule is CCn1c(=O)n(CC(=O)Nc2ccc(C)c([N+](=O)[O-])c2)c2ccccc21. The number of anilines is 1. The number of rotatable bonds is 5. The van der Waals surface area contributed by atoms with Crippen LogP contribution in [0.15, 0.2) is 47.3 Å². The molecule has 134 valence electrons. The van der Waals surface area contributed by atoms with Gasteiger partial charge in [-0.05, 0) is 32.0 Å². The minimum Gasteiger partial charge on any atom is -0.324 e. The molecule has 3 rings (SSSR count). The predicted molar refractivity (Wildman–Crippen MR) is 98.3 cm³/mol. The second kappa shape index (κ2) is 6.83. The zero-order valence-corrected chi connectivity index (χ0v) is 14.4. The van der Waals surface area contributed by atoms with E-state index in [1.54, 1.807) is 35.8 Å². The van der Waals surface area contributed by atoms with Crippen LogP contribution in [0.3, 0.4) is 0 Å². The molecule has 8 heteroatoms. The van der Waals surface area contributed by atoms with Crippen molar-refractivity contribution < 1.29 is 9.72 Å². The molecule has 1 aromatic heterocycles. The third kappa shape index (κ3) is 3.08. The van der Waals surface area contributed by atoms with Gasteiger partial charge in [0.25, 0.3) is 5.69 Å². The largest absolute Gasteiger partial charge is 0.329 e. The molecule has 0 spiro atoms. The summed E-state index contributed by atoms with van der Waals surface area (Å²) >= 11 is 0. The maximum atomic E-state index is 12.6. The fourth-order valence-electron chi connectivity index (χ4n) is 2.96. The van der Waals surface area contributed by atoms with E-state index in [0.717, 1.165) is 5.52 Å². The van der Waals surface area contributed by atoms with Crippen molar-refractivity contribution in [3.05, 3.63) is 68.6 Å². The highest BCUT2D eigenvalue weighted by molar-refractivity contribution is 5.92. The van der Waals surface area contributed by atoms with E-state index >= 15 is 0 Å². The molecular weight excluding hydrogens is 336 g/mol. The minimum atomic E-state index is -0.496. The molecule has 0 aliphatic heterocycles. The van der Waals surface area contributed by atoms with Crippen LogP contribution in [0.25, 0.3) is 11.0 Å². The fraction of sp³-hybridized carbons (Fsp3) is 0.222. The number of nitro benzene ring substituents is 1. The van der Waals surface area contributed by atoms with Gasteiger partial charge in [0.2, 0.25) is 5.91 Å². The normalized spacial score (nSPS) is 10.8. The van der Waals surface area contributed by atoms with Crippen LogP contribution in [0.1, 0.15) is 12.5 Å². The first-order valence-electron chi connectivity index (χ1n) is 8.15. The summed E-state index contributed by atoms with van der Waals surface area (Å²) in [7, 11) is 0. The molecule has 26 heavy (non-hydrogen) atoms. The summed E-state index contributed by atoms with van der Waals surface area (Å²) in [6.45, 7) is 3.82. The number of nitro groups is 1. The van der Waals surface area contributed by atoms with Crippen LogP contribution in [0.4, 0.5) is 11.4 Å². The second-order valence-electron chi connectivity index (χ2n) is 5.91. The zero-order chi connectivity index (χ0) is 18.8. The van der Waals surface area contributed by atoms with Gasteiger partial charge in [-0.1, -0.05) is 18.2 Å². The Balaban J connectivity index is 1.89. The van der Waals surface area contributed by atoms with Crippen LogP contribution in [-0.4, -0.2) is 20.0 Å². The number of fused-ring (bicyclic) bond motifs is 1. The number of imidazole rings is 1. The van der Waals surface area contributed by atoms with Gasteiger partial charge >= 0.3 is 5.69 Å². The standard InChI is InChI=1S/C18H18N4O4/c1-3-20-14-6-4-5-7-15(14)21(18(20)24)11-17(23)19-13-9-8-12(2)16(10-13)22(25)26/h4-10H,3,11H2,1-2H3,(H,19,23). The molecular formula is C18H18N4O4. The van der Waals surface area contributed by atoms with E-state index in [0.29, 0.717) is 23.3 Å². The Hall–Kier alpha value is -3.42. The lowest BCUT2D eigenvalue weighted by Gasteiger charge is -2.07. The average Bonchev–Trinajstić information content (AvgIpc) is 2.88. The predicted octanol–water partition coefficient (Wildman–Crippen LogP) is 2.68. The Morgan fingerprint density at radius 2 is 1.81 bits per heavy atom. The summed E-state index contributed by atoms with van der Waals surface area (Å²) in [5.41, 5.74) is 1.93. The first kappa shape index (κ1) is 17.4. The van der Waals surface area contributed by atoms with Gasteiger partial charge < -0.3 is 5.32 Å². The number of nitrogens with one attached hydrogen (secondary N) is 1. The van der Waals surface area contributed by atoms with Gasteiger partial charge in [-0.25, -0.2) is 4.79 Å². The van der Waals surface area contributed by atoms with E-state index in [9.17, 15) is 19.7 Å². The Labute approximate surface area is 148 Å². The molecule has 8 nitrogen and oxygen atoms in total. The number of hydrogen-bond acceptors (Lipinski definition) is 4. The van der Waals surface area contributed by atoms with E-state index < -0.39 is 10.8 Å². The molecule has 1 amide bonds. The van der Waals surface area contributed by atoms with E-state index in [-0.39, 0.29) is 17.9 Å². The second-order valence-corrected chi connectivity index (χ2v) is 5.91. The number of nitrogens with zero attached hydrogens (tertiary/aromatic N) is 3. The monoisotopic (exact) mass is 354 g/mol. The number of benzene rings is 2. The summed E-state index contributed by atoms with van der Waals surface area (Å²) < 4.78 is 3.00. The molecule has 1 heterocycles. The van der Waals surface area contributed by atoms with Gasteiger partial charge in [0.15, 0.2) is 0 Å². The number of amides is 1. The lowest BCUT2D eigenvalue weighted by Crippen LogP contribution is -2.29. The molecule has 0 fully saturated rings. The number of aromatic nitrogens is 2. The maximum Gasteiger partial charge on any atom is 0.329 e. The van der Waals surface area contributed by atoms with Crippen molar-refractivity contribution in [2.45, 2.75) is 26.9 Å². The lowest BCUT2D eigenvalue weighted by atomic mass is 10.2. The van der Waals surface area contributed by atoms with Gasteiger partial charge in [-0.15, -0.1) is 0 Å². The Kier molecular flexibility index (Phi) is 4.57. The summed E-state index contributed by atoms with van der Waals surface area (Å²) in [5.74, 6) is -0.427. The van der Waals surface area contributed by atoms with E-state index in [1.165, 1.54) is 10.6 Å². The van der Waals surface area contributed by atoms with Crippen molar-refractivity contribution in [3.63, 3.8) is 0 Å². The van der Waals surface area contributed by atoms with Gasteiger partial charge in [-0.3, -0.25) is 24.0 Å². The summed E-state index contributed by atoms with van der Waals surface area (Å²) in [5, 5.41) is 13.6. The Morgan fingerprint density at radius 3 is 2.42 bits per heavy atom. The fourth-order valence-corrected chi connectivity index (χ4v) is 2.96. The molecule has 1 N–H and O–H groups in total. The summed E-state index contributed by atoms with van der Waals surface area (Å²) in [6.07, 6.45) is 0. The Morgan fingerprint density at radius 1 is 1.15 bits per heavy atom. The molecule has 3 aromatic rings. The number of hydrogen-bond donors (Lipinski definition) is 1. The molecule has 0 saturated heterocycles. The van der Waals surface area contributed by atoms with Crippen molar-refractivity contribution in [2.75, 3.05) is 5.32 Å². The number of carbonyl (C=O) groups excluding carboxylic acids is 1. The average molecular weight is 354 g/mol. The van der Waals surface area contributed by atoms with Crippen LogP contribution in [0.2, 0.25) is 0 Å². The van der Waals surface area contributed by atoms with Gasteiger partial charge in [0.05, 0.1) is 16.0 Å². The molecule has 0 atom stereocenters. The van der Waals surface area contributed by atoms with Gasteiger partial charge in [0, 0.05) is 23.9 Å². The third-order valence-electron chi connectivity index (χ3n) is 4.23. The van der Waals surface area contributed by atoms with Crippen LogP contribution >= 0.6 is 0 Å². The highest BCUT2D eigenvalue weighted by Gasteiger charge is 2.16. The van der Waals surface area contributed by atoms with Crippen LogP contribution in [-0.2, 0) is 17.9 Å². The Bertz CT molecular complexity index is 1060. The molecule has 0 bridgehead atoms. The van der Waals surface area contributed by atoms with Crippen LogP contribution < -0.4 is 11.0 Å². The molecule has 0 aliphatic rings. The lowest BCUT2D eigenvalue weighted by molar-refractivity contribution is -0.385. The molecule has 0 unspecified atom stereocenters. The van der Waals surface area contributed by atoms with Crippen molar-refractivity contribution in [2.24, 2.45) is 0 Å². The summed E-state index contributed by atoms with van der Waals surface area (Å²) in [6, 6.07) is 11.7. The highest BCUT2D eigenvalue weighted by Crippen LogP contribution is 2.22. The van der Waals surface area contributed by atoms with E-state index in [4.69, 9.17) is 0 Å². The number of carbonyl (C=O) groups is 1. The summed E-state index contributed by atoms with van der Waals surface area (Å²) in [4.78, 5) is 35.5. The molecule has 0 saturated carbocycles. The van der Waals surface area contributed by atoms with Crippen molar-refractivity contribution in [3.8, 4) is 0 Å².